The standard InChI is InChI=1S/C21H26N4O2/c1-17-13-21(27-23-17)20-7-3-10-25(20)15-18-5-2-6-19(14-18)26-12-4-9-24-11-8-22-16-24/h2,5-6,8,11,13-14,16,20H,3-4,7,9-10,12,15H2,1H3/t20-/m1/s1. The summed E-state index contributed by atoms with van der Waals surface area (Å²) in [5, 5.41) is 4.05. The Hall–Kier alpha value is -2.60. The van der Waals surface area contributed by atoms with Crippen LogP contribution in [0.4, 0.5) is 0 Å². The SMILES string of the molecule is Cc1cc([C@H]2CCCN2Cc2cccc(OCCCn3ccnc3)c2)on1. The molecule has 1 aliphatic rings. The van der Waals surface area contributed by atoms with Crippen molar-refractivity contribution in [1.29, 1.82) is 0 Å². The Morgan fingerprint density at radius 1 is 1.30 bits per heavy atom. The second-order valence-electron chi connectivity index (χ2n) is 7.15. The summed E-state index contributed by atoms with van der Waals surface area (Å²) in [6.45, 7) is 5.58. The van der Waals surface area contributed by atoms with Crippen molar-refractivity contribution in [2.24, 2.45) is 0 Å². The van der Waals surface area contributed by atoms with Crippen LogP contribution in [0.5, 0.6) is 5.75 Å². The third-order valence-electron chi connectivity index (χ3n) is 5.01. The van der Waals surface area contributed by atoms with E-state index in [1.807, 2.05) is 25.5 Å². The molecule has 27 heavy (non-hydrogen) atoms. The van der Waals surface area contributed by atoms with Gasteiger partial charge in [-0.05, 0) is 50.4 Å². The fraction of sp³-hybridized carbons (Fsp3) is 0.429. The van der Waals surface area contributed by atoms with E-state index >= 15 is 0 Å². The molecule has 0 bridgehead atoms. The molecular weight excluding hydrogens is 340 g/mol. The highest BCUT2D eigenvalue weighted by molar-refractivity contribution is 5.28. The Morgan fingerprint density at radius 2 is 2.26 bits per heavy atom. The van der Waals surface area contributed by atoms with Gasteiger partial charge in [-0.1, -0.05) is 17.3 Å². The van der Waals surface area contributed by atoms with Crippen LogP contribution in [0, 0.1) is 6.92 Å². The van der Waals surface area contributed by atoms with Crippen LogP contribution in [-0.4, -0.2) is 32.8 Å². The van der Waals surface area contributed by atoms with Crippen LogP contribution in [0.25, 0.3) is 0 Å². The van der Waals surface area contributed by atoms with Crippen LogP contribution >= 0.6 is 0 Å². The minimum absolute atomic E-state index is 0.325. The Morgan fingerprint density at radius 3 is 3.07 bits per heavy atom. The van der Waals surface area contributed by atoms with E-state index in [4.69, 9.17) is 9.26 Å². The highest BCUT2D eigenvalue weighted by atomic mass is 16.5. The van der Waals surface area contributed by atoms with Crippen molar-refractivity contribution in [1.82, 2.24) is 19.6 Å². The number of likely N-dealkylation sites (tertiary alicyclic amines) is 1. The number of aryl methyl sites for hydroxylation is 2. The molecule has 4 rings (SSSR count). The van der Waals surface area contributed by atoms with Crippen molar-refractivity contribution in [3.63, 3.8) is 0 Å². The van der Waals surface area contributed by atoms with Gasteiger partial charge in [-0.3, -0.25) is 4.90 Å². The van der Waals surface area contributed by atoms with Crippen LogP contribution < -0.4 is 4.74 Å². The number of nitrogens with zero attached hydrogens (tertiary/aromatic N) is 4. The second kappa shape index (κ2) is 8.39. The maximum absolute atomic E-state index is 5.94. The average Bonchev–Trinajstić information content (AvgIpc) is 3.41. The van der Waals surface area contributed by atoms with Crippen molar-refractivity contribution >= 4 is 0 Å². The summed E-state index contributed by atoms with van der Waals surface area (Å²) in [6, 6.07) is 10.8. The number of rotatable bonds is 8. The quantitative estimate of drug-likeness (QED) is 0.564. The molecule has 2 aromatic heterocycles. The van der Waals surface area contributed by atoms with Crippen LogP contribution in [0.3, 0.4) is 0 Å². The lowest BCUT2D eigenvalue weighted by molar-refractivity contribution is 0.206. The van der Waals surface area contributed by atoms with Gasteiger partial charge in [0.15, 0.2) is 5.76 Å². The molecule has 1 aromatic carbocycles. The van der Waals surface area contributed by atoms with E-state index in [0.717, 1.165) is 49.7 Å². The van der Waals surface area contributed by atoms with Crippen molar-refractivity contribution in [2.75, 3.05) is 13.2 Å². The van der Waals surface area contributed by atoms with Gasteiger partial charge < -0.3 is 13.8 Å². The van der Waals surface area contributed by atoms with Crippen molar-refractivity contribution in [3.05, 3.63) is 66.1 Å². The molecule has 6 nitrogen and oxygen atoms in total. The third-order valence-corrected chi connectivity index (χ3v) is 5.01. The lowest BCUT2D eigenvalue weighted by atomic mass is 10.1. The zero-order valence-corrected chi connectivity index (χ0v) is 15.8. The lowest BCUT2D eigenvalue weighted by Gasteiger charge is -2.22. The molecule has 0 amide bonds. The molecule has 6 heteroatoms. The summed E-state index contributed by atoms with van der Waals surface area (Å²) in [7, 11) is 0. The number of imidazole rings is 1. The predicted molar refractivity (Wildman–Crippen MR) is 102 cm³/mol. The van der Waals surface area contributed by atoms with Gasteiger partial charge in [0, 0.05) is 31.5 Å². The molecule has 0 saturated carbocycles. The lowest BCUT2D eigenvalue weighted by Crippen LogP contribution is -2.22. The van der Waals surface area contributed by atoms with E-state index in [-0.39, 0.29) is 0 Å². The Kier molecular flexibility index (Phi) is 5.53. The largest absolute Gasteiger partial charge is 0.494 e. The minimum Gasteiger partial charge on any atom is -0.494 e. The molecule has 1 atom stereocenters. The fourth-order valence-electron chi connectivity index (χ4n) is 3.70. The summed E-state index contributed by atoms with van der Waals surface area (Å²) in [5.41, 5.74) is 2.22. The van der Waals surface area contributed by atoms with Crippen molar-refractivity contribution < 1.29 is 9.26 Å². The average molecular weight is 366 g/mol. The molecule has 3 aromatic rings. The summed E-state index contributed by atoms with van der Waals surface area (Å²) in [5.74, 6) is 1.92. The highest BCUT2D eigenvalue weighted by Crippen LogP contribution is 2.33. The molecule has 1 aliphatic heterocycles. The van der Waals surface area contributed by atoms with E-state index in [1.54, 1.807) is 6.20 Å². The number of benzene rings is 1. The molecule has 0 radical (unpaired) electrons. The van der Waals surface area contributed by atoms with Gasteiger partial charge in [0.25, 0.3) is 0 Å². The zero-order chi connectivity index (χ0) is 18.5. The number of hydrogen-bond donors (Lipinski definition) is 0. The van der Waals surface area contributed by atoms with Crippen molar-refractivity contribution in [3.8, 4) is 5.75 Å². The second-order valence-corrected chi connectivity index (χ2v) is 7.15. The molecule has 142 valence electrons. The van der Waals surface area contributed by atoms with E-state index in [2.05, 4.69) is 43.9 Å². The first-order valence-corrected chi connectivity index (χ1v) is 9.63. The summed E-state index contributed by atoms with van der Waals surface area (Å²) < 4.78 is 13.5. The van der Waals surface area contributed by atoms with E-state index in [0.29, 0.717) is 12.6 Å². The molecular formula is C21H26N4O2. The minimum atomic E-state index is 0.325. The summed E-state index contributed by atoms with van der Waals surface area (Å²) in [4.78, 5) is 6.53. The Balaban J connectivity index is 1.32. The first-order valence-electron chi connectivity index (χ1n) is 9.63. The number of hydrogen-bond acceptors (Lipinski definition) is 5. The normalized spacial score (nSPS) is 17.4. The number of ether oxygens (including phenoxy) is 1. The van der Waals surface area contributed by atoms with Gasteiger partial charge in [-0.15, -0.1) is 0 Å². The monoisotopic (exact) mass is 366 g/mol. The van der Waals surface area contributed by atoms with Gasteiger partial charge in [0.1, 0.15) is 5.75 Å². The number of aromatic nitrogens is 3. The molecule has 3 heterocycles. The van der Waals surface area contributed by atoms with Gasteiger partial charge in [-0.25, -0.2) is 4.98 Å². The van der Waals surface area contributed by atoms with Gasteiger partial charge in [-0.2, -0.15) is 0 Å². The Labute approximate surface area is 159 Å². The smallest absolute Gasteiger partial charge is 0.154 e. The Bertz CT molecular complexity index is 844. The molecule has 0 unspecified atom stereocenters. The van der Waals surface area contributed by atoms with Crippen LogP contribution in [0.15, 0.2) is 53.6 Å². The summed E-state index contributed by atoms with van der Waals surface area (Å²) >= 11 is 0. The highest BCUT2D eigenvalue weighted by Gasteiger charge is 2.29. The van der Waals surface area contributed by atoms with Crippen molar-refractivity contribution in [2.45, 2.75) is 45.3 Å². The van der Waals surface area contributed by atoms with E-state index < -0.39 is 0 Å². The van der Waals surface area contributed by atoms with Crippen LogP contribution in [-0.2, 0) is 13.1 Å². The van der Waals surface area contributed by atoms with E-state index in [9.17, 15) is 0 Å². The van der Waals surface area contributed by atoms with E-state index in [1.165, 1.54) is 12.0 Å². The predicted octanol–water partition coefficient (Wildman–Crippen LogP) is 3.99. The maximum atomic E-state index is 5.94. The fourth-order valence-corrected chi connectivity index (χ4v) is 3.70. The first-order chi connectivity index (χ1) is 13.3. The molecule has 0 aliphatic carbocycles. The molecule has 0 spiro atoms. The van der Waals surface area contributed by atoms with Gasteiger partial charge in [0.05, 0.1) is 24.7 Å². The zero-order valence-electron chi connectivity index (χ0n) is 15.8. The molecule has 1 fully saturated rings. The van der Waals surface area contributed by atoms with Gasteiger partial charge >= 0.3 is 0 Å². The van der Waals surface area contributed by atoms with Crippen LogP contribution in [0.2, 0.25) is 0 Å². The summed E-state index contributed by atoms with van der Waals surface area (Å²) in [6.07, 6.45) is 8.88. The molecule has 0 N–H and O–H groups in total. The maximum Gasteiger partial charge on any atom is 0.154 e. The van der Waals surface area contributed by atoms with Gasteiger partial charge in [0.2, 0.25) is 0 Å². The van der Waals surface area contributed by atoms with Crippen LogP contribution in [0.1, 0.15) is 42.3 Å². The topological polar surface area (TPSA) is 56.3 Å². The third kappa shape index (κ3) is 4.57. The molecule has 1 saturated heterocycles. The first kappa shape index (κ1) is 17.8.